The normalized spacial score (nSPS) is 11.4. The molecule has 52 heavy (non-hydrogen) atoms. The number of para-hydroxylation sites is 1. The highest BCUT2D eigenvalue weighted by Gasteiger charge is 2.10. The highest BCUT2D eigenvalue weighted by Crippen LogP contribution is 2.29. The van der Waals surface area contributed by atoms with Crippen LogP contribution in [0.2, 0.25) is 0 Å². The Bertz CT molecular complexity index is 2610. The molecular weight excluding hydrogens is 633 g/mol. The van der Waals surface area contributed by atoms with E-state index in [2.05, 4.69) is 123 Å². The first-order valence-corrected chi connectivity index (χ1v) is 17.7. The third-order valence-corrected chi connectivity index (χ3v) is 9.21. The molecule has 4 heterocycles. The monoisotopic (exact) mass is 672 g/mol. The van der Waals surface area contributed by atoms with Crippen LogP contribution in [0.15, 0.2) is 158 Å². The van der Waals surface area contributed by atoms with E-state index in [9.17, 15) is 0 Å². The van der Waals surface area contributed by atoms with Gasteiger partial charge < -0.3 is 0 Å². The van der Waals surface area contributed by atoms with Crippen molar-refractivity contribution in [1.29, 1.82) is 0 Å². The minimum absolute atomic E-state index is 0.851. The van der Waals surface area contributed by atoms with E-state index < -0.39 is 0 Å². The molecule has 4 aromatic carbocycles. The number of rotatable bonds is 7. The molecule has 0 saturated carbocycles. The average molecular weight is 673 g/mol. The predicted octanol–water partition coefficient (Wildman–Crippen LogP) is 12.5. The molecule has 0 amide bonds. The van der Waals surface area contributed by atoms with Crippen LogP contribution in [0.25, 0.3) is 73.1 Å². The third kappa shape index (κ3) is 7.47. The Balaban J connectivity index is 0.000000162. The average Bonchev–Trinajstić information content (AvgIpc) is 3.20. The van der Waals surface area contributed by atoms with Crippen LogP contribution in [0, 0.1) is 13.8 Å². The molecule has 0 bridgehead atoms. The van der Waals surface area contributed by atoms with Gasteiger partial charge in [0.25, 0.3) is 0 Å². The summed E-state index contributed by atoms with van der Waals surface area (Å²) in [6.07, 6.45) is 11.4. The van der Waals surface area contributed by atoms with Crippen LogP contribution in [0.4, 0.5) is 0 Å². The molecule has 252 valence electrons. The van der Waals surface area contributed by atoms with Crippen molar-refractivity contribution < 1.29 is 0 Å². The van der Waals surface area contributed by atoms with Gasteiger partial charge in [0.1, 0.15) is 0 Å². The minimum atomic E-state index is 0.851. The van der Waals surface area contributed by atoms with E-state index in [1.165, 1.54) is 27.8 Å². The summed E-state index contributed by atoms with van der Waals surface area (Å²) in [5, 5.41) is 3.37. The third-order valence-electron chi connectivity index (χ3n) is 9.21. The summed E-state index contributed by atoms with van der Waals surface area (Å²) in [5.41, 5.74) is 13.4. The number of fused-ring (bicyclic) bond motifs is 4. The number of pyridine rings is 4. The van der Waals surface area contributed by atoms with E-state index >= 15 is 0 Å². The molecule has 0 aliphatic heterocycles. The number of hydrogen-bond donors (Lipinski definition) is 0. The fourth-order valence-corrected chi connectivity index (χ4v) is 6.24. The molecule has 0 N–H and O–H groups in total. The molecule has 0 radical (unpaired) electrons. The molecule has 4 nitrogen and oxygen atoms in total. The first kappa shape index (κ1) is 34.0. The second-order valence-electron chi connectivity index (χ2n) is 12.8. The summed E-state index contributed by atoms with van der Waals surface area (Å²) >= 11 is 0. The molecule has 0 aliphatic rings. The molecule has 0 atom stereocenters. The maximum atomic E-state index is 4.97. The Morgan fingerprint density at radius 3 is 2.13 bits per heavy atom. The summed E-state index contributed by atoms with van der Waals surface area (Å²) in [7, 11) is 0. The Morgan fingerprint density at radius 1 is 0.577 bits per heavy atom. The Kier molecular flexibility index (Phi) is 10.2. The summed E-state index contributed by atoms with van der Waals surface area (Å²) in [5.74, 6) is 0. The second kappa shape index (κ2) is 15.6. The highest BCUT2D eigenvalue weighted by molar-refractivity contribution is 6.03. The van der Waals surface area contributed by atoms with Crippen LogP contribution in [0.1, 0.15) is 41.3 Å². The van der Waals surface area contributed by atoms with Crippen LogP contribution >= 0.6 is 0 Å². The van der Waals surface area contributed by atoms with Gasteiger partial charge in [0.05, 0.1) is 39.3 Å². The van der Waals surface area contributed by atoms with E-state index in [0.717, 1.165) is 67.5 Å². The summed E-state index contributed by atoms with van der Waals surface area (Å²) in [4.78, 5) is 19.0. The van der Waals surface area contributed by atoms with Gasteiger partial charge in [0.2, 0.25) is 0 Å². The summed E-state index contributed by atoms with van der Waals surface area (Å²) < 4.78 is 0. The fraction of sp³-hybridized carbons (Fsp3) is 0.0833. The van der Waals surface area contributed by atoms with Gasteiger partial charge in [-0.3, -0.25) is 4.98 Å². The molecule has 0 aliphatic carbocycles. The Morgan fingerprint density at radius 2 is 1.27 bits per heavy atom. The van der Waals surface area contributed by atoms with Crippen LogP contribution in [-0.4, -0.2) is 19.9 Å². The zero-order valence-corrected chi connectivity index (χ0v) is 29.8. The van der Waals surface area contributed by atoms with Gasteiger partial charge >= 0.3 is 0 Å². The van der Waals surface area contributed by atoms with Crippen molar-refractivity contribution in [2.75, 3.05) is 0 Å². The Hall–Kier alpha value is -6.52. The quantitative estimate of drug-likeness (QED) is 0.125. The topological polar surface area (TPSA) is 51.6 Å². The minimum Gasteiger partial charge on any atom is -0.254 e. The van der Waals surface area contributed by atoms with Gasteiger partial charge in [-0.05, 0) is 84.5 Å². The number of benzene rings is 4. The standard InChI is InChI=1S/C25H20N2.C23H20N2/c1-18-8-3-4-9-20(18)15-14-19(2)22-12-7-13-24(26-22)25-17-16-21-10-5-6-11-23(21)27-25;1-3-4-7-17-8-5-10-20(16(17)2)21-14-13-19-12-11-18-9-6-15-24-22(18)23(19)25-21/h3-17H,2H2,1H3;4-15H,3H2,1-2H3/b15-14-;7-4-. The molecule has 4 aromatic heterocycles. The van der Waals surface area contributed by atoms with E-state index in [4.69, 9.17) is 15.0 Å². The lowest BCUT2D eigenvalue weighted by Crippen LogP contribution is -1.92. The lowest BCUT2D eigenvalue weighted by Gasteiger charge is -2.10. The Labute approximate surface area is 305 Å². The van der Waals surface area contributed by atoms with E-state index in [0.29, 0.717) is 0 Å². The molecule has 0 fully saturated rings. The van der Waals surface area contributed by atoms with Gasteiger partial charge in [-0.1, -0.05) is 135 Å². The van der Waals surface area contributed by atoms with Crippen LogP contribution in [0.5, 0.6) is 0 Å². The number of aryl methyl sites for hydroxylation is 1. The SMILES string of the molecule is C=C(/C=C\c1ccccc1C)c1cccc(-c2ccc3ccccc3n2)n1.CC/C=C\c1cccc(-c2ccc3ccc4cccnc4c3n2)c1C. The molecule has 0 spiro atoms. The van der Waals surface area contributed by atoms with Crippen molar-refractivity contribution in [3.05, 3.63) is 186 Å². The van der Waals surface area contributed by atoms with Crippen LogP contribution in [0.3, 0.4) is 0 Å². The summed E-state index contributed by atoms with van der Waals surface area (Å²) in [6, 6.07) is 45.4. The molecule has 8 rings (SSSR count). The smallest absolute Gasteiger partial charge is 0.0972 e. The highest BCUT2D eigenvalue weighted by atomic mass is 14.8. The molecule has 4 heteroatoms. The van der Waals surface area contributed by atoms with Gasteiger partial charge in [-0.2, -0.15) is 0 Å². The van der Waals surface area contributed by atoms with Crippen molar-refractivity contribution >= 4 is 50.4 Å². The lowest BCUT2D eigenvalue weighted by molar-refractivity contribution is 1.23. The first-order valence-electron chi connectivity index (χ1n) is 17.7. The number of hydrogen-bond acceptors (Lipinski definition) is 4. The summed E-state index contributed by atoms with van der Waals surface area (Å²) in [6.45, 7) is 10.6. The molecular formula is C48H40N4. The zero-order valence-electron chi connectivity index (χ0n) is 29.8. The lowest BCUT2D eigenvalue weighted by atomic mass is 9.98. The van der Waals surface area contributed by atoms with E-state index in [1.807, 2.05) is 72.9 Å². The second-order valence-corrected chi connectivity index (χ2v) is 12.8. The largest absolute Gasteiger partial charge is 0.254 e. The number of allylic oxidation sites excluding steroid dienone is 3. The first-order chi connectivity index (χ1) is 25.5. The maximum absolute atomic E-state index is 4.97. The van der Waals surface area contributed by atoms with Gasteiger partial charge in [0, 0.05) is 27.9 Å². The predicted molar refractivity (Wildman–Crippen MR) is 221 cm³/mol. The van der Waals surface area contributed by atoms with E-state index in [-0.39, 0.29) is 0 Å². The van der Waals surface area contributed by atoms with Crippen molar-refractivity contribution in [3.63, 3.8) is 0 Å². The van der Waals surface area contributed by atoms with Crippen molar-refractivity contribution in [2.24, 2.45) is 0 Å². The maximum Gasteiger partial charge on any atom is 0.0972 e. The van der Waals surface area contributed by atoms with Crippen LogP contribution in [-0.2, 0) is 0 Å². The van der Waals surface area contributed by atoms with Gasteiger partial charge in [-0.25, -0.2) is 15.0 Å². The van der Waals surface area contributed by atoms with Crippen molar-refractivity contribution in [3.8, 4) is 22.6 Å². The molecule has 8 aromatic rings. The van der Waals surface area contributed by atoms with Gasteiger partial charge in [-0.15, -0.1) is 0 Å². The zero-order chi connectivity index (χ0) is 35.9. The number of nitrogens with zero attached hydrogens (tertiary/aromatic N) is 4. The van der Waals surface area contributed by atoms with E-state index in [1.54, 1.807) is 0 Å². The van der Waals surface area contributed by atoms with Crippen molar-refractivity contribution in [2.45, 2.75) is 27.2 Å². The van der Waals surface area contributed by atoms with Crippen molar-refractivity contribution in [1.82, 2.24) is 19.9 Å². The molecule has 0 saturated heterocycles. The van der Waals surface area contributed by atoms with Gasteiger partial charge in [0.15, 0.2) is 0 Å². The van der Waals surface area contributed by atoms with Crippen LogP contribution < -0.4 is 0 Å². The number of aromatic nitrogens is 4. The fourth-order valence-electron chi connectivity index (χ4n) is 6.24. The molecule has 0 unspecified atom stereocenters.